The molecule has 1 saturated heterocycles. The van der Waals surface area contributed by atoms with Crippen molar-refractivity contribution in [2.75, 3.05) is 19.4 Å². The van der Waals surface area contributed by atoms with Crippen LogP contribution in [-0.4, -0.2) is 33.9 Å². The zero-order valence-corrected chi connectivity index (χ0v) is 13.2. The van der Waals surface area contributed by atoms with E-state index in [4.69, 9.17) is 4.74 Å². The van der Waals surface area contributed by atoms with Gasteiger partial charge in [0.15, 0.2) is 9.84 Å². The lowest BCUT2D eigenvalue weighted by molar-refractivity contribution is 0.0401. The Labute approximate surface area is 126 Å². The highest BCUT2D eigenvalue weighted by atomic mass is 32.2. The molecule has 1 aliphatic carbocycles. The minimum absolute atomic E-state index is 0.0178. The second-order valence-corrected chi connectivity index (χ2v) is 8.24. The molecule has 2 aliphatic rings. The molecule has 21 heavy (non-hydrogen) atoms. The minimum Gasteiger partial charge on any atom is -0.372 e. The molecule has 1 aliphatic heterocycles. The molecule has 1 heterocycles. The number of nitrogens with one attached hydrogen (secondary N) is 1. The highest BCUT2D eigenvalue weighted by Crippen LogP contribution is 2.30. The molecule has 2 fully saturated rings. The van der Waals surface area contributed by atoms with Crippen LogP contribution in [0.1, 0.15) is 37.4 Å². The number of ether oxygens (including phenoxy) is 1. The Morgan fingerprint density at radius 3 is 2.57 bits per heavy atom. The summed E-state index contributed by atoms with van der Waals surface area (Å²) in [7, 11) is -3.13. The first-order chi connectivity index (χ1) is 10.0. The van der Waals surface area contributed by atoms with Gasteiger partial charge < -0.3 is 10.1 Å². The van der Waals surface area contributed by atoms with Gasteiger partial charge in [-0.2, -0.15) is 0 Å². The van der Waals surface area contributed by atoms with Gasteiger partial charge in [0.25, 0.3) is 0 Å². The van der Waals surface area contributed by atoms with Crippen molar-refractivity contribution in [2.45, 2.75) is 42.7 Å². The Morgan fingerprint density at radius 2 is 1.86 bits per heavy atom. The van der Waals surface area contributed by atoms with E-state index in [-0.39, 0.29) is 6.10 Å². The molecule has 0 aromatic heterocycles. The van der Waals surface area contributed by atoms with E-state index >= 15 is 0 Å². The number of benzene rings is 1. The van der Waals surface area contributed by atoms with Gasteiger partial charge in [0.2, 0.25) is 0 Å². The summed E-state index contributed by atoms with van der Waals surface area (Å²) in [5, 5.41) is 3.63. The first-order valence-corrected chi connectivity index (χ1v) is 9.58. The molecular formula is C16H23NO3S. The van der Waals surface area contributed by atoms with Crippen molar-refractivity contribution >= 4 is 9.84 Å². The van der Waals surface area contributed by atoms with Gasteiger partial charge in [0, 0.05) is 18.8 Å². The molecule has 4 nitrogen and oxygen atoms in total. The number of fused-ring (bicyclic) bond motifs is 1. The molecular weight excluding hydrogens is 286 g/mol. The van der Waals surface area contributed by atoms with E-state index in [1.54, 1.807) is 12.1 Å². The van der Waals surface area contributed by atoms with Crippen LogP contribution in [0.2, 0.25) is 0 Å². The summed E-state index contributed by atoms with van der Waals surface area (Å²) < 4.78 is 29.1. The molecule has 0 radical (unpaired) electrons. The fourth-order valence-corrected chi connectivity index (χ4v) is 4.01. The zero-order chi connectivity index (χ0) is 14.9. The molecule has 3 rings (SSSR count). The van der Waals surface area contributed by atoms with Crippen LogP contribution in [-0.2, 0) is 14.6 Å². The minimum atomic E-state index is -3.13. The fraction of sp³-hybridized carbons (Fsp3) is 0.625. The maximum absolute atomic E-state index is 11.5. The van der Waals surface area contributed by atoms with Crippen molar-refractivity contribution in [3.8, 4) is 0 Å². The van der Waals surface area contributed by atoms with E-state index in [1.807, 2.05) is 12.1 Å². The molecule has 0 bridgehead atoms. The Balaban J connectivity index is 1.72. The second kappa shape index (κ2) is 6.07. The maximum Gasteiger partial charge on any atom is 0.175 e. The van der Waals surface area contributed by atoms with E-state index in [2.05, 4.69) is 5.32 Å². The summed E-state index contributed by atoms with van der Waals surface area (Å²) in [5.74, 6) is 0.624. The second-order valence-electron chi connectivity index (χ2n) is 6.22. The van der Waals surface area contributed by atoms with Gasteiger partial charge in [0.1, 0.15) is 0 Å². The first-order valence-electron chi connectivity index (χ1n) is 7.69. The third kappa shape index (κ3) is 3.47. The van der Waals surface area contributed by atoms with Crippen LogP contribution in [0.15, 0.2) is 29.2 Å². The first kappa shape index (κ1) is 15.0. The summed E-state index contributed by atoms with van der Waals surface area (Å²) in [5.41, 5.74) is 1.05. The zero-order valence-electron chi connectivity index (χ0n) is 12.4. The Kier molecular flexibility index (Phi) is 4.33. The van der Waals surface area contributed by atoms with Crippen molar-refractivity contribution in [1.82, 2.24) is 5.32 Å². The van der Waals surface area contributed by atoms with E-state index in [0.717, 1.165) is 18.7 Å². The van der Waals surface area contributed by atoms with Crippen LogP contribution >= 0.6 is 0 Å². The van der Waals surface area contributed by atoms with Gasteiger partial charge in [-0.15, -0.1) is 0 Å². The average Bonchev–Trinajstić information content (AvgIpc) is 2.69. The van der Waals surface area contributed by atoms with Crippen LogP contribution in [0.5, 0.6) is 0 Å². The molecule has 1 aromatic rings. The van der Waals surface area contributed by atoms with Crippen molar-refractivity contribution in [3.05, 3.63) is 29.8 Å². The summed E-state index contributed by atoms with van der Waals surface area (Å²) in [6, 6.07) is 7.67. The monoisotopic (exact) mass is 309 g/mol. The van der Waals surface area contributed by atoms with E-state index in [9.17, 15) is 8.42 Å². The molecule has 1 saturated carbocycles. The standard InChI is InChI=1S/C16H23NO3S/c1-21(18,19)14-8-6-12(7-9-14)16-10-17-15-5-3-2-4-13(15)11-20-16/h6-9,13,15-17H,2-5,10-11H2,1H3. The van der Waals surface area contributed by atoms with E-state index < -0.39 is 9.84 Å². The normalized spacial score (nSPS) is 30.4. The molecule has 1 N–H and O–H groups in total. The largest absolute Gasteiger partial charge is 0.372 e. The van der Waals surface area contributed by atoms with Crippen LogP contribution < -0.4 is 5.32 Å². The molecule has 116 valence electrons. The van der Waals surface area contributed by atoms with E-state index in [1.165, 1.54) is 31.9 Å². The van der Waals surface area contributed by atoms with E-state index in [0.29, 0.717) is 16.9 Å². The lowest BCUT2D eigenvalue weighted by Gasteiger charge is -2.29. The number of rotatable bonds is 2. The third-order valence-electron chi connectivity index (χ3n) is 4.67. The topological polar surface area (TPSA) is 55.4 Å². The highest BCUT2D eigenvalue weighted by Gasteiger charge is 2.30. The van der Waals surface area contributed by atoms with Crippen LogP contribution in [0.25, 0.3) is 0 Å². The maximum atomic E-state index is 11.5. The van der Waals surface area contributed by atoms with Gasteiger partial charge in [-0.25, -0.2) is 8.42 Å². The number of sulfone groups is 1. The quantitative estimate of drug-likeness (QED) is 0.911. The van der Waals surface area contributed by atoms with Crippen LogP contribution in [0.4, 0.5) is 0 Å². The van der Waals surface area contributed by atoms with Crippen molar-refractivity contribution < 1.29 is 13.2 Å². The predicted molar refractivity (Wildman–Crippen MR) is 82.0 cm³/mol. The average molecular weight is 309 g/mol. The molecule has 3 atom stereocenters. The molecule has 1 aromatic carbocycles. The SMILES string of the molecule is CS(=O)(=O)c1ccc(C2CNC3CCCCC3CO2)cc1. The molecule has 5 heteroatoms. The predicted octanol–water partition coefficient (Wildman–Crippen LogP) is 2.31. The lowest BCUT2D eigenvalue weighted by Crippen LogP contribution is -2.38. The van der Waals surface area contributed by atoms with Crippen LogP contribution in [0.3, 0.4) is 0 Å². The van der Waals surface area contributed by atoms with Crippen molar-refractivity contribution in [2.24, 2.45) is 5.92 Å². The third-order valence-corrected chi connectivity index (χ3v) is 5.79. The number of hydrogen-bond donors (Lipinski definition) is 1. The van der Waals surface area contributed by atoms with Crippen molar-refractivity contribution in [1.29, 1.82) is 0 Å². The number of hydrogen-bond acceptors (Lipinski definition) is 4. The summed E-state index contributed by atoms with van der Waals surface area (Å²) >= 11 is 0. The molecule has 0 amide bonds. The lowest BCUT2D eigenvalue weighted by atomic mass is 9.85. The fourth-order valence-electron chi connectivity index (χ4n) is 3.38. The summed E-state index contributed by atoms with van der Waals surface area (Å²) in [6.45, 7) is 1.61. The highest BCUT2D eigenvalue weighted by molar-refractivity contribution is 7.90. The van der Waals surface area contributed by atoms with Gasteiger partial charge in [-0.1, -0.05) is 25.0 Å². The van der Waals surface area contributed by atoms with Gasteiger partial charge in [-0.3, -0.25) is 0 Å². The van der Waals surface area contributed by atoms with Gasteiger partial charge >= 0.3 is 0 Å². The summed E-state index contributed by atoms with van der Waals surface area (Å²) in [4.78, 5) is 0.363. The Hall–Kier alpha value is -0.910. The van der Waals surface area contributed by atoms with Crippen molar-refractivity contribution in [3.63, 3.8) is 0 Å². The molecule has 3 unspecified atom stereocenters. The Morgan fingerprint density at radius 1 is 1.14 bits per heavy atom. The Bertz CT molecular complexity index is 566. The van der Waals surface area contributed by atoms with Crippen LogP contribution in [0, 0.1) is 5.92 Å². The smallest absolute Gasteiger partial charge is 0.175 e. The molecule has 0 spiro atoms. The summed E-state index contributed by atoms with van der Waals surface area (Å²) in [6.07, 6.45) is 6.35. The van der Waals surface area contributed by atoms with Gasteiger partial charge in [-0.05, 0) is 36.5 Å². The van der Waals surface area contributed by atoms with Gasteiger partial charge in [0.05, 0.1) is 17.6 Å².